The number of halogens is 1. The molecule has 1 aromatic heterocycles. The number of benzene rings is 2. The van der Waals surface area contributed by atoms with Gasteiger partial charge < -0.3 is 14.3 Å². The number of aromatic hydroxyl groups is 1. The lowest BCUT2D eigenvalue weighted by Crippen LogP contribution is -2.00. The molecule has 0 saturated heterocycles. The second-order valence-corrected chi connectivity index (χ2v) is 5.23. The van der Waals surface area contributed by atoms with E-state index in [0.29, 0.717) is 17.1 Å². The summed E-state index contributed by atoms with van der Waals surface area (Å²) >= 11 is 5.89. The quantitative estimate of drug-likeness (QED) is 0.743. The van der Waals surface area contributed by atoms with E-state index in [-0.39, 0.29) is 33.8 Å². The third-order valence-corrected chi connectivity index (χ3v) is 3.45. The molecule has 0 spiro atoms. The molecule has 23 heavy (non-hydrogen) atoms. The molecule has 0 atom stereocenters. The summed E-state index contributed by atoms with van der Waals surface area (Å²) in [6.45, 7) is 0.183. The van der Waals surface area contributed by atoms with Gasteiger partial charge in [0.25, 0.3) is 0 Å². The molecule has 1 N–H and O–H groups in total. The molecule has 3 rings (SSSR count). The Morgan fingerprint density at radius 1 is 1.22 bits per heavy atom. The predicted octanol–water partition coefficient (Wildman–Crippen LogP) is 3.83. The van der Waals surface area contributed by atoms with Crippen molar-refractivity contribution in [3.05, 3.63) is 57.7 Å². The smallest absolute Gasteiger partial charge is 0.197 e. The van der Waals surface area contributed by atoms with Gasteiger partial charge in [-0.1, -0.05) is 17.5 Å². The average Bonchev–Trinajstić information content (AvgIpc) is 2.52. The number of phenolic OH excluding ortho intramolecular Hbond substituents is 1. The normalized spacial score (nSPS) is 10.4. The van der Waals surface area contributed by atoms with Gasteiger partial charge in [-0.25, -0.2) is 0 Å². The van der Waals surface area contributed by atoms with Crippen molar-refractivity contribution in [2.24, 2.45) is 0 Å². The van der Waals surface area contributed by atoms with Gasteiger partial charge in [0.1, 0.15) is 34.8 Å². The van der Waals surface area contributed by atoms with Crippen molar-refractivity contribution < 1.29 is 14.3 Å². The largest absolute Gasteiger partial charge is 0.507 e. The zero-order chi connectivity index (χ0) is 16.4. The van der Waals surface area contributed by atoms with Gasteiger partial charge >= 0.3 is 0 Å². The van der Waals surface area contributed by atoms with Crippen LogP contribution in [0.15, 0.2) is 51.7 Å². The molecule has 2 aromatic carbocycles. The molecule has 5 heteroatoms. The van der Waals surface area contributed by atoms with Crippen LogP contribution in [-0.4, -0.2) is 11.7 Å². The minimum atomic E-state index is -0.344. The molecule has 114 valence electrons. The molecular formula is C18H11ClO4. The van der Waals surface area contributed by atoms with E-state index in [1.54, 1.807) is 24.3 Å². The molecule has 1 heterocycles. The number of rotatable bonds is 3. The van der Waals surface area contributed by atoms with Crippen LogP contribution in [-0.2, 0) is 0 Å². The summed E-state index contributed by atoms with van der Waals surface area (Å²) in [5.74, 6) is 3.17. The second kappa shape index (κ2) is 6.07. The average molecular weight is 327 g/mol. The number of hydrogen-bond donors (Lipinski definition) is 1. The monoisotopic (exact) mass is 326 g/mol. The summed E-state index contributed by atoms with van der Waals surface area (Å²) in [6.07, 6.45) is 5.14. The lowest BCUT2D eigenvalue weighted by Gasteiger charge is -2.06. The first kappa shape index (κ1) is 15.0. The van der Waals surface area contributed by atoms with Crippen molar-refractivity contribution in [3.8, 4) is 35.2 Å². The SMILES string of the molecule is C#CCOc1ccc(-c2cc(=O)c3c(O)cc(Cl)cc3o2)cc1. The third kappa shape index (κ3) is 3.01. The standard InChI is InChI=1S/C18H11ClO4/c1-2-7-22-13-5-3-11(4-6-13)16-10-15(21)18-14(20)8-12(19)9-17(18)23-16/h1,3-6,8-10,20H,7H2. The molecule has 0 radical (unpaired) electrons. The Morgan fingerprint density at radius 3 is 2.65 bits per heavy atom. The number of terminal acetylenes is 1. The van der Waals surface area contributed by atoms with Gasteiger partial charge in [0.2, 0.25) is 0 Å². The molecule has 0 unspecified atom stereocenters. The fourth-order valence-electron chi connectivity index (χ4n) is 2.22. The summed E-state index contributed by atoms with van der Waals surface area (Å²) < 4.78 is 11.0. The van der Waals surface area contributed by atoms with Crippen LogP contribution in [0.4, 0.5) is 0 Å². The Kier molecular flexibility index (Phi) is 3.96. The molecule has 4 nitrogen and oxygen atoms in total. The number of fused-ring (bicyclic) bond motifs is 1. The molecule has 0 saturated carbocycles. The molecule has 0 amide bonds. The van der Waals surface area contributed by atoms with E-state index in [4.69, 9.17) is 27.2 Å². The Balaban J connectivity index is 2.07. The fourth-order valence-corrected chi connectivity index (χ4v) is 2.42. The Hall–Kier alpha value is -2.90. The van der Waals surface area contributed by atoms with Crippen LogP contribution in [0, 0.1) is 12.3 Å². The van der Waals surface area contributed by atoms with Crippen LogP contribution in [0.5, 0.6) is 11.5 Å². The second-order valence-electron chi connectivity index (χ2n) is 4.79. The van der Waals surface area contributed by atoms with Crippen molar-refractivity contribution >= 4 is 22.6 Å². The molecule has 0 aliphatic heterocycles. The highest BCUT2D eigenvalue weighted by Gasteiger charge is 2.11. The van der Waals surface area contributed by atoms with Crippen molar-refractivity contribution in [3.63, 3.8) is 0 Å². The van der Waals surface area contributed by atoms with E-state index >= 15 is 0 Å². The van der Waals surface area contributed by atoms with Gasteiger partial charge in [-0.05, 0) is 30.3 Å². The Morgan fingerprint density at radius 2 is 1.96 bits per heavy atom. The molecule has 0 aliphatic carbocycles. The first-order valence-corrected chi connectivity index (χ1v) is 7.09. The van der Waals surface area contributed by atoms with Crippen molar-refractivity contribution in [2.45, 2.75) is 0 Å². The minimum Gasteiger partial charge on any atom is -0.507 e. The topological polar surface area (TPSA) is 59.7 Å². The predicted molar refractivity (Wildman–Crippen MR) is 88.9 cm³/mol. The van der Waals surface area contributed by atoms with E-state index in [0.717, 1.165) is 0 Å². The lowest BCUT2D eigenvalue weighted by molar-refractivity contribution is 0.370. The highest BCUT2D eigenvalue weighted by molar-refractivity contribution is 6.31. The van der Waals surface area contributed by atoms with Crippen LogP contribution >= 0.6 is 11.6 Å². The van der Waals surface area contributed by atoms with E-state index in [1.165, 1.54) is 18.2 Å². The fraction of sp³-hybridized carbons (Fsp3) is 0.0556. The van der Waals surface area contributed by atoms with Crippen LogP contribution in [0.3, 0.4) is 0 Å². The minimum absolute atomic E-state index is 0.104. The number of ether oxygens (including phenoxy) is 1. The van der Waals surface area contributed by atoms with Gasteiger partial charge in [0.15, 0.2) is 5.43 Å². The molecule has 0 aliphatic rings. The first-order valence-electron chi connectivity index (χ1n) is 6.71. The van der Waals surface area contributed by atoms with E-state index in [1.807, 2.05) is 0 Å². The molecule has 0 fully saturated rings. The van der Waals surface area contributed by atoms with E-state index in [2.05, 4.69) is 5.92 Å². The Labute approximate surface area is 136 Å². The Bertz CT molecular complexity index is 965. The zero-order valence-corrected chi connectivity index (χ0v) is 12.6. The van der Waals surface area contributed by atoms with Crippen LogP contribution in [0.2, 0.25) is 5.02 Å². The van der Waals surface area contributed by atoms with Crippen molar-refractivity contribution in [1.29, 1.82) is 0 Å². The maximum atomic E-state index is 12.2. The van der Waals surface area contributed by atoms with E-state index in [9.17, 15) is 9.90 Å². The summed E-state index contributed by atoms with van der Waals surface area (Å²) in [4.78, 5) is 12.2. The van der Waals surface area contributed by atoms with Gasteiger partial charge in [-0.2, -0.15) is 0 Å². The van der Waals surface area contributed by atoms with Crippen LogP contribution < -0.4 is 10.2 Å². The van der Waals surface area contributed by atoms with Crippen molar-refractivity contribution in [1.82, 2.24) is 0 Å². The highest BCUT2D eigenvalue weighted by atomic mass is 35.5. The maximum absolute atomic E-state index is 12.2. The molecular weight excluding hydrogens is 316 g/mol. The summed E-state index contributed by atoms with van der Waals surface area (Å²) in [7, 11) is 0. The van der Waals surface area contributed by atoms with Gasteiger partial charge in [0.05, 0.1) is 0 Å². The van der Waals surface area contributed by atoms with Crippen LogP contribution in [0.1, 0.15) is 0 Å². The lowest BCUT2D eigenvalue weighted by atomic mass is 10.1. The highest BCUT2D eigenvalue weighted by Crippen LogP contribution is 2.30. The van der Waals surface area contributed by atoms with E-state index < -0.39 is 0 Å². The van der Waals surface area contributed by atoms with Gasteiger partial charge in [0, 0.05) is 22.7 Å². The molecule has 0 bridgehead atoms. The number of phenols is 1. The summed E-state index contributed by atoms with van der Waals surface area (Å²) in [5.41, 5.74) is 0.574. The maximum Gasteiger partial charge on any atom is 0.197 e. The zero-order valence-electron chi connectivity index (χ0n) is 11.9. The first-order chi connectivity index (χ1) is 11.1. The van der Waals surface area contributed by atoms with Gasteiger partial charge in [-0.15, -0.1) is 6.42 Å². The van der Waals surface area contributed by atoms with Crippen LogP contribution in [0.25, 0.3) is 22.3 Å². The summed E-state index contributed by atoms with van der Waals surface area (Å²) in [6, 6.07) is 11.1. The van der Waals surface area contributed by atoms with Gasteiger partial charge in [-0.3, -0.25) is 4.79 Å². The number of hydrogen-bond acceptors (Lipinski definition) is 4. The molecule has 3 aromatic rings. The third-order valence-electron chi connectivity index (χ3n) is 3.24. The van der Waals surface area contributed by atoms with Crippen molar-refractivity contribution in [2.75, 3.05) is 6.61 Å². The summed E-state index contributed by atoms with van der Waals surface area (Å²) in [5, 5.41) is 10.2.